The predicted octanol–water partition coefficient (Wildman–Crippen LogP) is 2.25. The fourth-order valence-corrected chi connectivity index (χ4v) is 4.13. The molecule has 1 fully saturated rings. The van der Waals surface area contributed by atoms with Crippen molar-refractivity contribution in [3.63, 3.8) is 0 Å². The van der Waals surface area contributed by atoms with Crippen LogP contribution in [-0.4, -0.2) is 24.6 Å². The fraction of sp³-hybridized carbons (Fsp3) is 0.733. The molecule has 6 heteroatoms. The molecule has 0 atom stereocenters. The molecule has 1 aromatic rings. The first-order valence-electron chi connectivity index (χ1n) is 7.86. The lowest BCUT2D eigenvalue weighted by atomic mass is 9.90. The van der Waals surface area contributed by atoms with Gasteiger partial charge in [-0.25, -0.2) is 13.1 Å². The summed E-state index contributed by atoms with van der Waals surface area (Å²) in [5.74, 6) is 0.462. The average Bonchev–Trinajstić information content (AvgIpc) is 2.91. The maximum Gasteiger partial charge on any atom is 0.242 e. The fourth-order valence-electron chi connectivity index (χ4n) is 2.96. The number of sulfonamides is 1. The summed E-state index contributed by atoms with van der Waals surface area (Å²) in [5.41, 5.74) is 0.648. The van der Waals surface area contributed by atoms with Crippen LogP contribution in [-0.2, 0) is 23.2 Å². The lowest BCUT2D eigenvalue weighted by Gasteiger charge is -2.21. The summed E-state index contributed by atoms with van der Waals surface area (Å²) in [6, 6.07) is 1.57. The zero-order valence-electron chi connectivity index (χ0n) is 12.7. The van der Waals surface area contributed by atoms with Crippen LogP contribution in [0.5, 0.6) is 0 Å². The van der Waals surface area contributed by atoms with Gasteiger partial charge in [-0.05, 0) is 31.2 Å². The Morgan fingerprint density at radius 3 is 2.67 bits per heavy atom. The molecule has 0 saturated heterocycles. The van der Waals surface area contributed by atoms with Gasteiger partial charge in [0, 0.05) is 25.0 Å². The van der Waals surface area contributed by atoms with E-state index < -0.39 is 10.0 Å². The molecule has 0 spiro atoms. The van der Waals surface area contributed by atoms with E-state index in [1.165, 1.54) is 19.3 Å². The van der Waals surface area contributed by atoms with E-state index in [0.717, 1.165) is 19.3 Å². The summed E-state index contributed by atoms with van der Waals surface area (Å²) in [6.45, 7) is 3.12. The molecule has 0 unspecified atom stereocenters. The van der Waals surface area contributed by atoms with E-state index in [2.05, 4.69) is 4.72 Å². The maximum absolute atomic E-state index is 12.4. The average molecular weight is 314 g/mol. The second kappa shape index (κ2) is 7.42. The lowest BCUT2D eigenvalue weighted by molar-refractivity contribution is 0.270. The highest BCUT2D eigenvalue weighted by atomic mass is 32.2. The van der Waals surface area contributed by atoms with Crippen LogP contribution in [0.1, 0.15) is 51.1 Å². The van der Waals surface area contributed by atoms with Gasteiger partial charge in [0.15, 0.2) is 0 Å². The van der Waals surface area contributed by atoms with E-state index in [9.17, 15) is 13.5 Å². The van der Waals surface area contributed by atoms with E-state index in [1.54, 1.807) is 12.3 Å². The monoisotopic (exact) mass is 314 g/mol. The Bertz CT molecular complexity index is 545. The second-order valence-electron chi connectivity index (χ2n) is 5.87. The van der Waals surface area contributed by atoms with Gasteiger partial charge in [0.05, 0.1) is 11.5 Å². The number of aryl methyl sites for hydroxylation is 1. The first-order valence-corrected chi connectivity index (χ1v) is 9.34. The molecular formula is C15H26N2O3S. The number of rotatable bonds is 7. The highest BCUT2D eigenvalue weighted by Crippen LogP contribution is 2.23. The Morgan fingerprint density at radius 1 is 1.33 bits per heavy atom. The van der Waals surface area contributed by atoms with Crippen molar-refractivity contribution < 1.29 is 13.5 Å². The summed E-state index contributed by atoms with van der Waals surface area (Å²) in [5, 5.41) is 9.32. The van der Waals surface area contributed by atoms with Crippen molar-refractivity contribution >= 4 is 10.0 Å². The van der Waals surface area contributed by atoms with Crippen molar-refractivity contribution in [2.75, 3.05) is 6.54 Å². The number of aromatic nitrogens is 1. The van der Waals surface area contributed by atoms with Crippen LogP contribution >= 0.6 is 0 Å². The third kappa shape index (κ3) is 4.31. The van der Waals surface area contributed by atoms with Crippen LogP contribution in [0.2, 0.25) is 0 Å². The number of aliphatic hydroxyl groups excluding tert-OH is 1. The van der Waals surface area contributed by atoms with Crippen molar-refractivity contribution in [2.24, 2.45) is 5.92 Å². The summed E-state index contributed by atoms with van der Waals surface area (Å²) in [6.07, 6.45) is 8.42. The highest BCUT2D eigenvalue weighted by Gasteiger charge is 2.21. The first kappa shape index (κ1) is 16.5. The molecule has 0 amide bonds. The topological polar surface area (TPSA) is 71.3 Å². The Hall–Kier alpha value is -0.850. The van der Waals surface area contributed by atoms with Crippen molar-refractivity contribution in [1.29, 1.82) is 0 Å². The highest BCUT2D eigenvalue weighted by molar-refractivity contribution is 7.89. The zero-order chi connectivity index (χ0) is 15.3. The van der Waals surface area contributed by atoms with Gasteiger partial charge in [0.25, 0.3) is 0 Å². The Balaban J connectivity index is 2.04. The minimum Gasteiger partial charge on any atom is -0.390 e. The normalized spacial score (nSPS) is 17.2. The van der Waals surface area contributed by atoms with Crippen molar-refractivity contribution in [2.45, 2.75) is 63.5 Å². The molecule has 2 N–H and O–H groups in total. The van der Waals surface area contributed by atoms with E-state index in [4.69, 9.17) is 0 Å². The van der Waals surface area contributed by atoms with Gasteiger partial charge < -0.3 is 9.67 Å². The van der Waals surface area contributed by atoms with E-state index in [0.29, 0.717) is 24.7 Å². The molecule has 1 heterocycles. The van der Waals surface area contributed by atoms with Crippen molar-refractivity contribution in [3.8, 4) is 0 Å². The van der Waals surface area contributed by atoms with E-state index in [1.807, 2.05) is 11.5 Å². The van der Waals surface area contributed by atoms with Crippen molar-refractivity contribution in [3.05, 3.63) is 18.0 Å². The van der Waals surface area contributed by atoms with Crippen LogP contribution in [0.4, 0.5) is 0 Å². The summed E-state index contributed by atoms with van der Waals surface area (Å²) in [7, 11) is -3.47. The minimum absolute atomic E-state index is 0.141. The molecule has 1 aliphatic rings. The molecule has 1 saturated carbocycles. The first-order chi connectivity index (χ1) is 10.1. The van der Waals surface area contributed by atoms with Crippen LogP contribution < -0.4 is 4.72 Å². The van der Waals surface area contributed by atoms with Gasteiger partial charge in [-0.1, -0.05) is 26.2 Å². The minimum atomic E-state index is -3.47. The van der Waals surface area contributed by atoms with Gasteiger partial charge in [0.2, 0.25) is 10.0 Å². The summed E-state index contributed by atoms with van der Waals surface area (Å²) < 4.78 is 29.3. The summed E-state index contributed by atoms with van der Waals surface area (Å²) in [4.78, 5) is 0.260. The number of aliphatic hydroxyl groups is 1. The van der Waals surface area contributed by atoms with E-state index >= 15 is 0 Å². The molecule has 21 heavy (non-hydrogen) atoms. The van der Waals surface area contributed by atoms with E-state index in [-0.39, 0.29) is 11.5 Å². The molecule has 5 nitrogen and oxygen atoms in total. The lowest BCUT2D eigenvalue weighted by Crippen LogP contribution is -2.30. The quantitative estimate of drug-likeness (QED) is 0.811. The third-order valence-corrected chi connectivity index (χ3v) is 5.58. The summed E-state index contributed by atoms with van der Waals surface area (Å²) >= 11 is 0. The number of nitrogens with zero attached hydrogens (tertiary/aromatic N) is 1. The van der Waals surface area contributed by atoms with Gasteiger partial charge in [-0.3, -0.25) is 0 Å². The number of hydrogen-bond acceptors (Lipinski definition) is 3. The van der Waals surface area contributed by atoms with Gasteiger partial charge >= 0.3 is 0 Å². The van der Waals surface area contributed by atoms with Crippen molar-refractivity contribution in [1.82, 2.24) is 9.29 Å². The SMILES string of the molecule is CCCn1cc(S(=O)(=O)NCC2CCCCC2)cc1CO. The molecule has 0 radical (unpaired) electrons. The number of nitrogens with one attached hydrogen (secondary N) is 1. The Morgan fingerprint density at radius 2 is 2.05 bits per heavy atom. The molecule has 1 aromatic heterocycles. The van der Waals surface area contributed by atoms with Crippen LogP contribution in [0.15, 0.2) is 17.2 Å². The molecule has 0 aromatic carbocycles. The third-order valence-electron chi connectivity index (χ3n) is 4.18. The standard InChI is InChI=1S/C15H26N2O3S/c1-2-8-17-11-15(9-14(17)12-18)21(19,20)16-10-13-6-4-3-5-7-13/h9,11,13,16,18H,2-8,10,12H2,1H3. The molecule has 2 rings (SSSR count). The zero-order valence-corrected chi connectivity index (χ0v) is 13.5. The molecule has 0 aliphatic heterocycles. The van der Waals surface area contributed by atoms with Gasteiger partial charge in [-0.15, -0.1) is 0 Å². The van der Waals surface area contributed by atoms with Crippen LogP contribution in [0, 0.1) is 5.92 Å². The molecule has 0 bridgehead atoms. The second-order valence-corrected chi connectivity index (χ2v) is 7.64. The maximum atomic E-state index is 12.4. The smallest absolute Gasteiger partial charge is 0.242 e. The van der Waals surface area contributed by atoms with Gasteiger partial charge in [-0.2, -0.15) is 0 Å². The number of hydrogen-bond donors (Lipinski definition) is 2. The Kier molecular flexibility index (Phi) is 5.84. The predicted molar refractivity (Wildman–Crippen MR) is 82.4 cm³/mol. The molecule has 120 valence electrons. The largest absolute Gasteiger partial charge is 0.390 e. The van der Waals surface area contributed by atoms with Crippen LogP contribution in [0.3, 0.4) is 0 Å². The molecule has 1 aliphatic carbocycles. The Labute approximate surface area is 127 Å². The van der Waals surface area contributed by atoms with Crippen LogP contribution in [0.25, 0.3) is 0 Å². The van der Waals surface area contributed by atoms with Gasteiger partial charge in [0.1, 0.15) is 0 Å². The molecular weight excluding hydrogens is 288 g/mol.